The van der Waals surface area contributed by atoms with Gasteiger partial charge in [-0.3, -0.25) is 18.9 Å². The molecule has 2 aromatic carbocycles. The molecule has 4 aromatic rings. The van der Waals surface area contributed by atoms with Gasteiger partial charge in [-0.05, 0) is 48.9 Å². The third kappa shape index (κ3) is 4.90. The number of ether oxygens (including phenoxy) is 1. The average molecular weight is 554 g/mol. The summed E-state index contributed by atoms with van der Waals surface area (Å²) in [5, 5.41) is 0.698. The van der Waals surface area contributed by atoms with Gasteiger partial charge in [0.2, 0.25) is 5.88 Å². The largest absolute Gasteiger partial charge is 0.437 e. The van der Waals surface area contributed by atoms with Crippen LogP contribution in [0.5, 0.6) is 11.6 Å². The summed E-state index contributed by atoms with van der Waals surface area (Å²) in [7, 11) is 0. The van der Waals surface area contributed by atoms with Gasteiger partial charge in [-0.2, -0.15) is 4.98 Å². The summed E-state index contributed by atoms with van der Waals surface area (Å²) in [6.07, 6.45) is 3.08. The Morgan fingerprint density at radius 1 is 1.08 bits per heavy atom. The smallest absolute Gasteiger partial charge is 0.269 e. The zero-order valence-electron chi connectivity index (χ0n) is 18.8. The van der Waals surface area contributed by atoms with Gasteiger partial charge in [0, 0.05) is 11.2 Å². The van der Waals surface area contributed by atoms with E-state index in [1.54, 1.807) is 36.5 Å². The fourth-order valence-electron chi connectivity index (χ4n) is 3.59. The first-order valence-electron chi connectivity index (χ1n) is 10.8. The van der Waals surface area contributed by atoms with E-state index in [9.17, 15) is 9.59 Å². The van der Waals surface area contributed by atoms with Crippen LogP contribution in [0.3, 0.4) is 0 Å². The van der Waals surface area contributed by atoms with E-state index >= 15 is 0 Å². The van der Waals surface area contributed by atoms with Crippen LogP contribution in [-0.2, 0) is 11.3 Å². The lowest BCUT2D eigenvalue weighted by Gasteiger charge is -2.14. The summed E-state index contributed by atoms with van der Waals surface area (Å²) >= 11 is 18.9. The number of pyridine rings is 1. The van der Waals surface area contributed by atoms with E-state index in [0.717, 1.165) is 22.9 Å². The van der Waals surface area contributed by atoms with Crippen molar-refractivity contribution >= 4 is 69.1 Å². The maximum absolute atomic E-state index is 13.4. The molecule has 1 saturated heterocycles. The Morgan fingerprint density at radius 2 is 1.86 bits per heavy atom. The monoisotopic (exact) mass is 553 g/mol. The van der Waals surface area contributed by atoms with E-state index in [4.69, 9.17) is 40.2 Å². The summed E-state index contributed by atoms with van der Waals surface area (Å²) in [5.74, 6) is -0.00680. The molecular weight excluding hydrogens is 537 g/mol. The molecule has 5 rings (SSSR count). The molecule has 10 heteroatoms. The van der Waals surface area contributed by atoms with Crippen LogP contribution in [0.2, 0.25) is 10.0 Å². The quantitative estimate of drug-likeness (QED) is 0.207. The Balaban J connectivity index is 1.56. The number of benzene rings is 2. The van der Waals surface area contributed by atoms with Gasteiger partial charge in [0.25, 0.3) is 11.5 Å². The van der Waals surface area contributed by atoms with Gasteiger partial charge in [0.1, 0.15) is 21.3 Å². The van der Waals surface area contributed by atoms with Gasteiger partial charge in [-0.15, -0.1) is 0 Å². The van der Waals surface area contributed by atoms with Gasteiger partial charge in [0.15, 0.2) is 0 Å². The minimum absolute atomic E-state index is 0.0132. The highest BCUT2D eigenvalue weighted by Crippen LogP contribution is 2.36. The van der Waals surface area contributed by atoms with E-state index in [2.05, 4.69) is 4.98 Å². The molecule has 1 aliphatic heterocycles. The number of hydrogen-bond donors (Lipinski definition) is 0. The number of carbonyl (C=O) groups excluding carboxylic acids is 1. The van der Waals surface area contributed by atoms with Crippen molar-refractivity contribution in [2.45, 2.75) is 13.5 Å². The number of thioether (sulfide) groups is 1. The van der Waals surface area contributed by atoms with Crippen molar-refractivity contribution in [1.29, 1.82) is 0 Å². The lowest BCUT2D eigenvalue weighted by atomic mass is 10.1. The molecule has 0 N–H and O–H groups in total. The molecule has 0 saturated carbocycles. The Hall–Kier alpha value is -3.17. The Morgan fingerprint density at radius 3 is 2.61 bits per heavy atom. The second-order valence-corrected chi connectivity index (χ2v) is 10.5. The molecule has 0 unspecified atom stereocenters. The molecule has 2 aromatic heterocycles. The van der Waals surface area contributed by atoms with E-state index in [0.29, 0.717) is 26.4 Å². The topological polar surface area (TPSA) is 63.9 Å². The normalized spacial score (nSPS) is 14.8. The van der Waals surface area contributed by atoms with Crippen molar-refractivity contribution in [3.63, 3.8) is 0 Å². The second kappa shape index (κ2) is 10.1. The molecule has 0 aliphatic carbocycles. The standard InChI is InChI=1S/C26H17Cl2N3O3S2/c1-15-5-7-16(8-6-15)14-31-25(33)21(36-26(31)35)13-18-23(34-20-10-9-17(27)12-19(20)28)29-22-4-2-3-11-30(22)24(18)32/h2-13H,14H2,1H3/b21-13+. The van der Waals surface area contributed by atoms with E-state index < -0.39 is 5.56 Å². The SMILES string of the molecule is Cc1ccc(CN2C(=O)/C(=C\c3c(Oc4ccc(Cl)cc4Cl)nc4ccccn4c3=O)SC2=S)cc1. The molecule has 0 spiro atoms. The van der Waals surface area contributed by atoms with Gasteiger partial charge in [0.05, 0.1) is 16.5 Å². The van der Waals surface area contributed by atoms with Crippen LogP contribution >= 0.6 is 47.2 Å². The van der Waals surface area contributed by atoms with Crippen molar-refractivity contribution in [3.05, 3.63) is 109 Å². The van der Waals surface area contributed by atoms with Crippen LogP contribution in [0.25, 0.3) is 11.7 Å². The Bertz CT molecular complexity index is 1620. The molecule has 1 fully saturated rings. The van der Waals surface area contributed by atoms with E-state index in [1.807, 2.05) is 31.2 Å². The number of rotatable bonds is 5. The Labute approximate surface area is 226 Å². The van der Waals surface area contributed by atoms with Crippen molar-refractivity contribution in [3.8, 4) is 11.6 Å². The van der Waals surface area contributed by atoms with Gasteiger partial charge < -0.3 is 4.74 Å². The number of carbonyl (C=O) groups is 1. The fraction of sp³-hybridized carbons (Fsp3) is 0.0769. The first kappa shape index (κ1) is 24.5. The number of aryl methyl sites for hydroxylation is 1. The van der Waals surface area contributed by atoms with E-state index in [1.165, 1.54) is 21.4 Å². The van der Waals surface area contributed by atoms with Crippen LogP contribution in [-0.4, -0.2) is 24.5 Å². The number of thiocarbonyl (C=S) groups is 1. The Kier molecular flexibility index (Phi) is 6.85. The number of amides is 1. The third-order valence-corrected chi connectivity index (χ3v) is 7.35. The number of halogens is 2. The second-order valence-electron chi connectivity index (χ2n) is 7.99. The lowest BCUT2D eigenvalue weighted by Crippen LogP contribution is -2.27. The van der Waals surface area contributed by atoms with Gasteiger partial charge >= 0.3 is 0 Å². The fourth-order valence-corrected chi connectivity index (χ4v) is 5.27. The zero-order chi connectivity index (χ0) is 25.4. The van der Waals surface area contributed by atoms with Crippen molar-refractivity contribution in [2.75, 3.05) is 0 Å². The third-order valence-electron chi connectivity index (χ3n) is 5.44. The van der Waals surface area contributed by atoms with Crippen LogP contribution in [0, 0.1) is 6.92 Å². The van der Waals surface area contributed by atoms with E-state index in [-0.39, 0.29) is 28.1 Å². The average Bonchev–Trinajstić information content (AvgIpc) is 3.12. The highest BCUT2D eigenvalue weighted by Gasteiger charge is 2.33. The molecule has 0 atom stereocenters. The summed E-state index contributed by atoms with van der Waals surface area (Å²) in [4.78, 5) is 33.0. The van der Waals surface area contributed by atoms with Crippen molar-refractivity contribution in [1.82, 2.24) is 14.3 Å². The molecule has 3 heterocycles. The number of hydrogen-bond acceptors (Lipinski definition) is 6. The van der Waals surface area contributed by atoms with Gasteiger partial charge in [-0.25, -0.2) is 0 Å². The van der Waals surface area contributed by atoms with Crippen LogP contribution in [0.15, 0.2) is 76.6 Å². The maximum Gasteiger partial charge on any atom is 0.269 e. The molecule has 1 amide bonds. The predicted molar refractivity (Wildman–Crippen MR) is 148 cm³/mol. The predicted octanol–water partition coefficient (Wildman–Crippen LogP) is 6.50. The highest BCUT2D eigenvalue weighted by atomic mass is 35.5. The van der Waals surface area contributed by atoms with Gasteiger partial charge in [-0.1, -0.05) is 83.1 Å². The number of nitrogens with zero attached hydrogens (tertiary/aromatic N) is 3. The molecular formula is C26H17Cl2N3O3S2. The molecule has 0 bridgehead atoms. The summed E-state index contributed by atoms with van der Waals surface area (Å²) in [5.41, 5.74) is 2.16. The lowest BCUT2D eigenvalue weighted by molar-refractivity contribution is -0.122. The molecule has 180 valence electrons. The minimum atomic E-state index is -0.399. The van der Waals surface area contributed by atoms with Crippen LogP contribution in [0.1, 0.15) is 16.7 Å². The number of aromatic nitrogens is 2. The number of fused-ring (bicyclic) bond motifs is 1. The molecule has 6 nitrogen and oxygen atoms in total. The first-order valence-corrected chi connectivity index (χ1v) is 12.7. The molecule has 36 heavy (non-hydrogen) atoms. The van der Waals surface area contributed by atoms with Crippen molar-refractivity contribution in [2.24, 2.45) is 0 Å². The van der Waals surface area contributed by atoms with Crippen LogP contribution < -0.4 is 10.3 Å². The highest BCUT2D eigenvalue weighted by molar-refractivity contribution is 8.26. The summed E-state index contributed by atoms with van der Waals surface area (Å²) < 4.78 is 7.75. The zero-order valence-corrected chi connectivity index (χ0v) is 21.9. The van der Waals surface area contributed by atoms with Crippen molar-refractivity contribution < 1.29 is 9.53 Å². The summed E-state index contributed by atoms with van der Waals surface area (Å²) in [6, 6.07) is 17.8. The molecule has 1 aliphatic rings. The summed E-state index contributed by atoms with van der Waals surface area (Å²) in [6.45, 7) is 2.33. The maximum atomic E-state index is 13.4. The first-order chi connectivity index (χ1) is 17.3. The minimum Gasteiger partial charge on any atom is -0.437 e. The molecule has 0 radical (unpaired) electrons. The van der Waals surface area contributed by atoms with Crippen LogP contribution in [0.4, 0.5) is 0 Å².